The van der Waals surface area contributed by atoms with Crippen molar-refractivity contribution in [3.05, 3.63) is 107 Å². The maximum Gasteiger partial charge on any atom is 0.262 e. The first kappa shape index (κ1) is 23.0. The van der Waals surface area contributed by atoms with Crippen LogP contribution < -0.4 is 0 Å². The molecule has 2 fully saturated rings. The molecule has 2 saturated heterocycles. The van der Waals surface area contributed by atoms with Crippen molar-refractivity contribution in [1.29, 1.82) is 0 Å². The van der Waals surface area contributed by atoms with Crippen LogP contribution in [0.4, 0.5) is 0 Å². The van der Waals surface area contributed by atoms with Crippen molar-refractivity contribution in [2.75, 3.05) is 6.61 Å². The average Bonchev–Trinajstić information content (AvgIpc) is 3.18. The van der Waals surface area contributed by atoms with Gasteiger partial charge in [-0.25, -0.2) is 0 Å². The fourth-order valence-electron chi connectivity index (χ4n) is 5.00. The molecule has 0 aliphatic carbocycles. The average molecular weight is 488 g/mol. The summed E-state index contributed by atoms with van der Waals surface area (Å²) in [7, 11) is 0. The number of carbonyl (C=O) groups excluding carboxylic acids is 2. The Balaban J connectivity index is 1.31. The van der Waals surface area contributed by atoms with Crippen LogP contribution in [0.3, 0.4) is 0 Å². The molecule has 0 bridgehead atoms. The van der Waals surface area contributed by atoms with Gasteiger partial charge in [0.05, 0.1) is 24.3 Å². The van der Waals surface area contributed by atoms with E-state index in [2.05, 4.69) is 0 Å². The van der Waals surface area contributed by atoms with Crippen LogP contribution in [0.15, 0.2) is 84.9 Å². The molecular weight excluding hydrogens is 462 g/mol. The van der Waals surface area contributed by atoms with Crippen molar-refractivity contribution < 1.29 is 33.6 Å². The van der Waals surface area contributed by atoms with E-state index in [0.717, 1.165) is 16.0 Å². The molecule has 0 radical (unpaired) electrons. The molecule has 1 N–H and O–H groups in total. The summed E-state index contributed by atoms with van der Waals surface area (Å²) in [5.74, 6) is -0.997. The maximum absolute atomic E-state index is 13.3. The van der Waals surface area contributed by atoms with E-state index in [0.29, 0.717) is 0 Å². The number of rotatable bonds is 5. The zero-order valence-corrected chi connectivity index (χ0v) is 19.3. The van der Waals surface area contributed by atoms with Crippen LogP contribution in [0.5, 0.6) is 0 Å². The van der Waals surface area contributed by atoms with E-state index in [1.807, 2.05) is 60.7 Å². The molecule has 0 unspecified atom stereocenters. The predicted octanol–water partition coefficient (Wildman–Crippen LogP) is 3.07. The number of hydrogen-bond donors (Lipinski definition) is 1. The molecule has 184 valence electrons. The summed E-state index contributed by atoms with van der Waals surface area (Å²) in [6.45, 7) is 0.324. The predicted molar refractivity (Wildman–Crippen MR) is 127 cm³/mol. The van der Waals surface area contributed by atoms with Crippen molar-refractivity contribution in [3.8, 4) is 0 Å². The molecule has 36 heavy (non-hydrogen) atoms. The number of benzene rings is 3. The van der Waals surface area contributed by atoms with Gasteiger partial charge >= 0.3 is 0 Å². The largest absolute Gasteiger partial charge is 0.388 e. The van der Waals surface area contributed by atoms with Gasteiger partial charge in [0.2, 0.25) is 0 Å². The molecule has 3 aliphatic heterocycles. The Bertz CT molecular complexity index is 1220. The zero-order valence-electron chi connectivity index (χ0n) is 19.3. The van der Waals surface area contributed by atoms with Crippen molar-refractivity contribution >= 4 is 11.8 Å². The summed E-state index contributed by atoms with van der Waals surface area (Å²) in [5.41, 5.74) is 2.25. The maximum atomic E-state index is 13.3. The highest BCUT2D eigenvalue weighted by molar-refractivity contribution is 6.21. The number of hydrogen-bond acceptors (Lipinski definition) is 7. The van der Waals surface area contributed by atoms with Crippen LogP contribution in [0.1, 0.15) is 38.1 Å². The zero-order chi connectivity index (χ0) is 24.6. The third kappa shape index (κ3) is 4.03. The van der Waals surface area contributed by atoms with E-state index in [9.17, 15) is 14.7 Å². The molecule has 6 atom stereocenters. The minimum absolute atomic E-state index is 0.154. The van der Waals surface area contributed by atoms with Crippen molar-refractivity contribution in [1.82, 2.24) is 4.90 Å². The monoisotopic (exact) mass is 487 g/mol. The molecule has 0 aromatic heterocycles. The van der Waals surface area contributed by atoms with Gasteiger partial charge in [0, 0.05) is 5.56 Å². The molecule has 0 saturated carbocycles. The Kier molecular flexibility index (Phi) is 6.12. The first-order valence-corrected chi connectivity index (χ1v) is 11.9. The summed E-state index contributed by atoms with van der Waals surface area (Å²) in [6, 6.07) is 24.3. The summed E-state index contributed by atoms with van der Waals surface area (Å²) >= 11 is 0. The highest BCUT2D eigenvalue weighted by atomic mass is 16.7. The minimum Gasteiger partial charge on any atom is -0.388 e. The van der Waals surface area contributed by atoms with E-state index < -0.39 is 48.7 Å². The van der Waals surface area contributed by atoms with Crippen LogP contribution in [0.2, 0.25) is 0 Å². The number of carbonyl (C=O) groups is 2. The van der Waals surface area contributed by atoms with Crippen LogP contribution in [-0.4, -0.2) is 59.1 Å². The van der Waals surface area contributed by atoms with E-state index in [-0.39, 0.29) is 24.3 Å². The molecule has 3 heterocycles. The van der Waals surface area contributed by atoms with Crippen LogP contribution >= 0.6 is 0 Å². The number of aliphatic hydroxyl groups excluding tert-OH is 1. The molecule has 8 nitrogen and oxygen atoms in total. The van der Waals surface area contributed by atoms with E-state index in [1.54, 1.807) is 24.3 Å². The van der Waals surface area contributed by atoms with E-state index in [4.69, 9.17) is 18.9 Å². The Morgan fingerprint density at radius 3 is 2.11 bits per heavy atom. The standard InChI is InChI=1S/C28H25NO7/c30-23-22(29-25(31)19-13-7-8-14-20(19)26(29)32)28(33-15-17-9-3-1-4-10-17)35-21-16-34-27(36-24(21)23)18-11-5-2-6-12-18/h1-14,21-24,27-28,30H,15-16H2/t21-,22-,23-,24-,27+,28-/m1/s1. The summed E-state index contributed by atoms with van der Waals surface area (Å²) in [6.07, 6.45) is -4.54. The third-order valence-corrected chi connectivity index (χ3v) is 6.79. The molecule has 2 amide bonds. The number of nitrogens with zero attached hydrogens (tertiary/aromatic N) is 1. The second-order valence-electron chi connectivity index (χ2n) is 9.02. The molecule has 3 aromatic rings. The number of fused-ring (bicyclic) bond motifs is 2. The molecule has 0 spiro atoms. The molecule has 3 aromatic carbocycles. The second-order valence-corrected chi connectivity index (χ2v) is 9.02. The highest BCUT2D eigenvalue weighted by Crippen LogP contribution is 2.38. The molecule has 8 heteroatoms. The van der Waals surface area contributed by atoms with Crippen LogP contribution in [0, 0.1) is 0 Å². The fraction of sp³-hybridized carbons (Fsp3) is 0.286. The Morgan fingerprint density at radius 1 is 0.833 bits per heavy atom. The Hall–Kier alpha value is -3.40. The van der Waals surface area contributed by atoms with Gasteiger partial charge in [-0.15, -0.1) is 0 Å². The second kappa shape index (κ2) is 9.57. The van der Waals surface area contributed by atoms with Gasteiger partial charge in [0.25, 0.3) is 11.8 Å². The van der Waals surface area contributed by atoms with Gasteiger partial charge < -0.3 is 24.1 Å². The smallest absolute Gasteiger partial charge is 0.262 e. The van der Waals surface area contributed by atoms with Crippen molar-refractivity contribution in [2.45, 2.75) is 43.5 Å². The summed E-state index contributed by atoms with van der Waals surface area (Å²) < 4.78 is 24.3. The first-order chi connectivity index (χ1) is 17.6. The van der Waals surface area contributed by atoms with Crippen LogP contribution in [-0.2, 0) is 25.6 Å². The molecular formula is C28H25NO7. The number of ether oxygens (including phenoxy) is 4. The third-order valence-electron chi connectivity index (χ3n) is 6.79. The van der Waals surface area contributed by atoms with Gasteiger partial charge in [-0.05, 0) is 17.7 Å². The lowest BCUT2D eigenvalue weighted by Gasteiger charge is -2.49. The van der Waals surface area contributed by atoms with Crippen molar-refractivity contribution in [3.63, 3.8) is 0 Å². The van der Waals surface area contributed by atoms with Crippen LogP contribution in [0.25, 0.3) is 0 Å². The lowest BCUT2D eigenvalue weighted by Crippen LogP contribution is -2.67. The normalized spacial score (nSPS) is 29.6. The molecule has 6 rings (SSSR count). The topological polar surface area (TPSA) is 94.5 Å². The van der Waals surface area contributed by atoms with E-state index in [1.165, 1.54) is 0 Å². The summed E-state index contributed by atoms with van der Waals surface area (Å²) in [4.78, 5) is 27.7. The number of imide groups is 1. The van der Waals surface area contributed by atoms with Gasteiger partial charge in [-0.2, -0.15) is 0 Å². The highest BCUT2D eigenvalue weighted by Gasteiger charge is 2.55. The Labute approximate surface area is 208 Å². The van der Waals surface area contributed by atoms with Gasteiger partial charge in [-0.3, -0.25) is 14.5 Å². The fourth-order valence-corrected chi connectivity index (χ4v) is 5.00. The summed E-state index contributed by atoms with van der Waals surface area (Å²) in [5, 5.41) is 11.6. The Morgan fingerprint density at radius 2 is 1.44 bits per heavy atom. The minimum atomic E-state index is -1.26. The van der Waals surface area contributed by atoms with E-state index >= 15 is 0 Å². The SMILES string of the molecule is O=C1c2ccccc2C(=O)N1[C@H]1[C@H](OCc2ccccc2)O[C@@H]2CO[C@H](c3ccccc3)O[C@H]2[C@@H]1O. The quantitative estimate of drug-likeness (QED) is 0.553. The molecule has 3 aliphatic rings. The lowest BCUT2D eigenvalue weighted by molar-refractivity contribution is -0.350. The number of aliphatic hydroxyl groups is 1. The first-order valence-electron chi connectivity index (χ1n) is 11.9. The van der Waals surface area contributed by atoms with Gasteiger partial charge in [-0.1, -0.05) is 72.8 Å². The van der Waals surface area contributed by atoms with Gasteiger partial charge in [0.15, 0.2) is 12.6 Å². The van der Waals surface area contributed by atoms with Gasteiger partial charge in [0.1, 0.15) is 24.4 Å². The number of amides is 2. The van der Waals surface area contributed by atoms with Crippen molar-refractivity contribution in [2.24, 2.45) is 0 Å². The lowest BCUT2D eigenvalue weighted by atomic mass is 9.94.